The highest BCUT2D eigenvalue weighted by molar-refractivity contribution is 7.99. The van der Waals surface area contributed by atoms with Crippen LogP contribution >= 0.6 is 11.8 Å². The number of fused-ring (bicyclic) bond motifs is 1. The molecule has 1 N–H and O–H groups in total. The fraction of sp³-hybridized carbons (Fsp3) is 0.231. The first-order chi connectivity index (χ1) is 8.42. The molecule has 0 spiro atoms. The van der Waals surface area contributed by atoms with Gasteiger partial charge in [-0.3, -0.25) is 0 Å². The van der Waals surface area contributed by atoms with Crippen LogP contribution in [-0.4, -0.2) is 28.8 Å². The molecule has 0 atom stereocenters. The Kier molecular flexibility index (Phi) is 4.53. The quantitative estimate of drug-likeness (QED) is 0.367. The highest BCUT2D eigenvalue weighted by atomic mass is 32.2. The second-order valence-electron chi connectivity index (χ2n) is 3.54. The van der Waals surface area contributed by atoms with Gasteiger partial charge >= 0.3 is 0 Å². The smallest absolute Gasteiger partial charge is 0.117 e. The van der Waals surface area contributed by atoms with E-state index in [2.05, 4.69) is 27.9 Å². The van der Waals surface area contributed by atoms with Gasteiger partial charge in [-0.15, -0.1) is 18.3 Å². The van der Waals surface area contributed by atoms with Crippen LogP contribution in [-0.2, 0) is 0 Å². The fourth-order valence-corrected chi connectivity index (χ4v) is 2.41. The summed E-state index contributed by atoms with van der Waals surface area (Å²) in [5.41, 5.74) is 1.00. The molecule has 0 aliphatic rings. The molecule has 2 rings (SSSR count). The highest BCUT2D eigenvalue weighted by Gasteiger charge is 2.02. The molecule has 0 saturated heterocycles. The van der Waals surface area contributed by atoms with Crippen molar-refractivity contribution in [2.24, 2.45) is 0 Å². The number of hydrogen-bond acceptors (Lipinski definition) is 4. The molecule has 1 heterocycles. The van der Waals surface area contributed by atoms with Gasteiger partial charge in [0, 0.05) is 24.2 Å². The minimum atomic E-state index is 0.852. The van der Waals surface area contributed by atoms with Crippen molar-refractivity contribution in [1.82, 2.24) is 15.3 Å². The zero-order valence-corrected chi connectivity index (χ0v) is 10.4. The molecule has 1 aromatic carbocycles. The van der Waals surface area contributed by atoms with Crippen molar-refractivity contribution in [2.75, 3.05) is 18.8 Å². The van der Waals surface area contributed by atoms with Crippen LogP contribution in [0.15, 0.2) is 48.3 Å². The summed E-state index contributed by atoms with van der Waals surface area (Å²) in [7, 11) is 0. The summed E-state index contributed by atoms with van der Waals surface area (Å²) in [5, 5.41) is 5.45. The van der Waals surface area contributed by atoms with E-state index in [4.69, 9.17) is 0 Å². The molecular formula is C13H15N3S. The molecule has 0 radical (unpaired) electrons. The molecule has 17 heavy (non-hydrogen) atoms. The predicted octanol–water partition coefficient (Wildman–Crippen LogP) is 2.50. The van der Waals surface area contributed by atoms with Crippen molar-refractivity contribution in [3.05, 3.63) is 43.2 Å². The summed E-state index contributed by atoms with van der Waals surface area (Å²) < 4.78 is 0. The predicted molar refractivity (Wildman–Crippen MR) is 73.3 cm³/mol. The van der Waals surface area contributed by atoms with Gasteiger partial charge < -0.3 is 5.32 Å². The molecule has 0 saturated carbocycles. The van der Waals surface area contributed by atoms with Gasteiger partial charge in [-0.25, -0.2) is 9.97 Å². The summed E-state index contributed by atoms with van der Waals surface area (Å²) in [5.74, 6) is 0.995. The fourth-order valence-electron chi connectivity index (χ4n) is 1.52. The Morgan fingerprint density at radius 2 is 2.18 bits per heavy atom. The van der Waals surface area contributed by atoms with E-state index in [-0.39, 0.29) is 0 Å². The maximum Gasteiger partial charge on any atom is 0.117 e. The first-order valence-electron chi connectivity index (χ1n) is 5.56. The van der Waals surface area contributed by atoms with Gasteiger partial charge in [0.1, 0.15) is 11.4 Å². The summed E-state index contributed by atoms with van der Waals surface area (Å²) in [6.45, 7) is 5.47. The number of rotatable bonds is 6. The lowest BCUT2D eigenvalue weighted by molar-refractivity contribution is 0.806. The Labute approximate surface area is 105 Å². The van der Waals surface area contributed by atoms with Crippen LogP contribution in [0.3, 0.4) is 0 Å². The van der Waals surface area contributed by atoms with Crippen molar-refractivity contribution in [1.29, 1.82) is 0 Å². The molecule has 0 aliphatic heterocycles. The zero-order chi connectivity index (χ0) is 11.9. The van der Waals surface area contributed by atoms with Crippen LogP contribution in [0.25, 0.3) is 10.9 Å². The lowest BCUT2D eigenvalue weighted by atomic mass is 10.2. The third-order valence-corrected chi connectivity index (χ3v) is 3.32. The maximum atomic E-state index is 4.33. The number of thioether (sulfide) groups is 1. The number of para-hydroxylation sites is 1. The molecule has 1 aromatic heterocycles. The molecule has 0 fully saturated rings. The average molecular weight is 245 g/mol. The van der Waals surface area contributed by atoms with Gasteiger partial charge in [-0.05, 0) is 6.07 Å². The normalized spacial score (nSPS) is 10.6. The highest BCUT2D eigenvalue weighted by Crippen LogP contribution is 2.23. The molecule has 3 nitrogen and oxygen atoms in total. The largest absolute Gasteiger partial charge is 0.312 e. The van der Waals surface area contributed by atoms with E-state index in [0.29, 0.717) is 0 Å². The van der Waals surface area contributed by atoms with Crippen LogP contribution in [0.2, 0.25) is 0 Å². The lowest BCUT2D eigenvalue weighted by Gasteiger charge is -2.04. The number of nitrogens with one attached hydrogen (secondary N) is 1. The van der Waals surface area contributed by atoms with E-state index < -0.39 is 0 Å². The third-order valence-electron chi connectivity index (χ3n) is 2.31. The van der Waals surface area contributed by atoms with Gasteiger partial charge in [-0.2, -0.15) is 0 Å². The van der Waals surface area contributed by atoms with Crippen molar-refractivity contribution >= 4 is 22.7 Å². The van der Waals surface area contributed by atoms with E-state index in [1.54, 1.807) is 18.1 Å². The Morgan fingerprint density at radius 3 is 3.06 bits per heavy atom. The van der Waals surface area contributed by atoms with Crippen molar-refractivity contribution in [3.8, 4) is 0 Å². The second kappa shape index (κ2) is 6.37. The Bertz CT molecular complexity index is 493. The number of nitrogens with zero attached hydrogens (tertiary/aromatic N) is 2. The SMILES string of the molecule is C=CCNCCSc1ncnc2ccccc12. The van der Waals surface area contributed by atoms with Gasteiger partial charge in [-0.1, -0.05) is 24.3 Å². The summed E-state index contributed by atoms with van der Waals surface area (Å²) >= 11 is 1.75. The van der Waals surface area contributed by atoms with Crippen molar-refractivity contribution < 1.29 is 0 Å². The van der Waals surface area contributed by atoms with Crippen molar-refractivity contribution in [3.63, 3.8) is 0 Å². The second-order valence-corrected chi connectivity index (χ2v) is 4.62. The summed E-state index contributed by atoms with van der Waals surface area (Å²) in [6, 6.07) is 8.09. The van der Waals surface area contributed by atoms with Crippen LogP contribution in [0.5, 0.6) is 0 Å². The van der Waals surface area contributed by atoms with Crippen LogP contribution in [0.4, 0.5) is 0 Å². The molecule has 0 amide bonds. The molecule has 4 heteroatoms. The number of benzene rings is 1. The molecule has 2 aromatic rings. The van der Waals surface area contributed by atoms with Gasteiger partial charge in [0.2, 0.25) is 0 Å². The molecule has 0 unspecified atom stereocenters. The van der Waals surface area contributed by atoms with Crippen LogP contribution < -0.4 is 5.32 Å². The van der Waals surface area contributed by atoms with Gasteiger partial charge in [0.25, 0.3) is 0 Å². The molecule has 88 valence electrons. The monoisotopic (exact) mass is 245 g/mol. The first-order valence-corrected chi connectivity index (χ1v) is 6.54. The van der Waals surface area contributed by atoms with E-state index in [1.165, 1.54) is 0 Å². The topological polar surface area (TPSA) is 37.8 Å². The summed E-state index contributed by atoms with van der Waals surface area (Å²) in [4.78, 5) is 8.57. The van der Waals surface area contributed by atoms with E-state index in [9.17, 15) is 0 Å². The molecule has 0 aliphatic carbocycles. The standard InChI is InChI=1S/C13H15N3S/c1-2-7-14-8-9-17-13-11-5-3-4-6-12(11)15-10-16-13/h2-6,10,14H,1,7-9H2. The van der Waals surface area contributed by atoms with E-state index >= 15 is 0 Å². The van der Waals surface area contributed by atoms with Gasteiger partial charge in [0.05, 0.1) is 5.52 Å². The third kappa shape index (κ3) is 3.28. The minimum Gasteiger partial charge on any atom is -0.312 e. The Hall–Kier alpha value is -1.39. The Balaban J connectivity index is 2.01. The molecular weight excluding hydrogens is 230 g/mol. The zero-order valence-electron chi connectivity index (χ0n) is 9.60. The minimum absolute atomic E-state index is 0.852. The maximum absolute atomic E-state index is 4.33. The van der Waals surface area contributed by atoms with E-state index in [1.807, 2.05) is 24.3 Å². The lowest BCUT2D eigenvalue weighted by Crippen LogP contribution is -2.16. The van der Waals surface area contributed by atoms with Gasteiger partial charge in [0.15, 0.2) is 0 Å². The number of hydrogen-bond donors (Lipinski definition) is 1. The van der Waals surface area contributed by atoms with Crippen LogP contribution in [0.1, 0.15) is 0 Å². The number of aromatic nitrogens is 2. The van der Waals surface area contributed by atoms with Crippen LogP contribution in [0, 0.1) is 0 Å². The van der Waals surface area contributed by atoms with E-state index in [0.717, 1.165) is 34.8 Å². The first kappa shape index (κ1) is 12.1. The summed E-state index contributed by atoms with van der Waals surface area (Å²) in [6.07, 6.45) is 3.49. The Morgan fingerprint density at radius 1 is 1.29 bits per heavy atom. The average Bonchev–Trinajstić information content (AvgIpc) is 2.39. The molecule has 0 bridgehead atoms. The van der Waals surface area contributed by atoms with Crippen molar-refractivity contribution in [2.45, 2.75) is 5.03 Å².